The van der Waals surface area contributed by atoms with Crippen molar-refractivity contribution in [2.45, 2.75) is 18.7 Å². The standard InChI is InChI=1S/C26H21Cl2N3O6S/c1-3-37-21-11-9-16(13-20(21)28)29-26(33)18-12-15-6-4-5-7-17(15)22(24(18)32)30-31-23-19(27)10-8-14(2)25(23)38(34,35)36/h4-13,32H,3H2,1-2H3,(H,29,33)(H,34,35,36). The molecule has 0 radical (unpaired) electrons. The monoisotopic (exact) mass is 573 g/mol. The molecule has 3 N–H and O–H groups in total. The van der Waals surface area contributed by atoms with E-state index in [-0.39, 0.29) is 27.5 Å². The quantitative estimate of drug-likeness (QED) is 0.155. The number of benzene rings is 4. The third kappa shape index (κ3) is 5.58. The summed E-state index contributed by atoms with van der Waals surface area (Å²) >= 11 is 12.4. The Labute approximate surface area is 228 Å². The third-order valence-electron chi connectivity index (χ3n) is 5.52. The Morgan fingerprint density at radius 3 is 2.39 bits per heavy atom. The van der Waals surface area contributed by atoms with Crippen LogP contribution in [0.1, 0.15) is 22.8 Å². The number of halogens is 2. The predicted molar refractivity (Wildman–Crippen MR) is 146 cm³/mol. The first kappa shape index (κ1) is 27.3. The molecule has 0 aromatic heterocycles. The molecule has 0 spiro atoms. The van der Waals surface area contributed by atoms with Crippen LogP contribution >= 0.6 is 23.2 Å². The van der Waals surface area contributed by atoms with Crippen molar-refractivity contribution in [2.75, 3.05) is 11.9 Å². The van der Waals surface area contributed by atoms with Crippen LogP contribution in [0.2, 0.25) is 10.0 Å². The summed E-state index contributed by atoms with van der Waals surface area (Å²) in [6, 6.07) is 15.8. The average Bonchev–Trinajstić information content (AvgIpc) is 2.86. The van der Waals surface area contributed by atoms with Gasteiger partial charge in [-0.1, -0.05) is 53.5 Å². The minimum absolute atomic E-state index is 0.0861. The van der Waals surface area contributed by atoms with Gasteiger partial charge in [0.2, 0.25) is 0 Å². The molecule has 4 rings (SSSR count). The summed E-state index contributed by atoms with van der Waals surface area (Å²) in [5.74, 6) is -0.696. The number of nitrogens with one attached hydrogen (secondary N) is 1. The van der Waals surface area contributed by atoms with Gasteiger partial charge in [0.1, 0.15) is 22.0 Å². The number of phenolic OH excluding ortho intramolecular Hbond substituents is 1. The maximum Gasteiger partial charge on any atom is 0.297 e. The summed E-state index contributed by atoms with van der Waals surface area (Å²) in [6.07, 6.45) is 0. The number of aryl methyl sites for hydroxylation is 1. The van der Waals surface area contributed by atoms with Crippen molar-refractivity contribution in [1.29, 1.82) is 0 Å². The van der Waals surface area contributed by atoms with E-state index in [1.54, 1.807) is 36.4 Å². The molecule has 12 heteroatoms. The van der Waals surface area contributed by atoms with E-state index in [0.29, 0.717) is 33.8 Å². The molecule has 196 valence electrons. The molecule has 4 aromatic carbocycles. The Morgan fingerprint density at radius 1 is 1.00 bits per heavy atom. The van der Waals surface area contributed by atoms with Crippen LogP contribution in [0.25, 0.3) is 10.8 Å². The number of carbonyl (C=O) groups is 1. The van der Waals surface area contributed by atoms with E-state index in [0.717, 1.165) is 0 Å². The second-order valence-electron chi connectivity index (χ2n) is 8.09. The summed E-state index contributed by atoms with van der Waals surface area (Å²) in [7, 11) is -4.69. The molecule has 0 atom stereocenters. The number of phenols is 1. The highest BCUT2D eigenvalue weighted by molar-refractivity contribution is 7.86. The van der Waals surface area contributed by atoms with Crippen molar-refractivity contribution in [1.82, 2.24) is 0 Å². The van der Waals surface area contributed by atoms with Crippen LogP contribution in [0.3, 0.4) is 0 Å². The molecule has 4 aromatic rings. The van der Waals surface area contributed by atoms with Crippen LogP contribution in [0, 0.1) is 6.92 Å². The fraction of sp³-hybridized carbons (Fsp3) is 0.115. The van der Waals surface area contributed by atoms with E-state index in [2.05, 4.69) is 15.5 Å². The van der Waals surface area contributed by atoms with Crippen molar-refractivity contribution in [2.24, 2.45) is 10.2 Å². The van der Waals surface area contributed by atoms with Gasteiger partial charge in [0.15, 0.2) is 5.75 Å². The van der Waals surface area contributed by atoms with Gasteiger partial charge >= 0.3 is 0 Å². The number of hydrogen-bond acceptors (Lipinski definition) is 7. The normalized spacial score (nSPS) is 11.7. The van der Waals surface area contributed by atoms with Crippen molar-refractivity contribution in [3.63, 3.8) is 0 Å². The molecule has 9 nitrogen and oxygen atoms in total. The Bertz CT molecular complexity index is 1710. The van der Waals surface area contributed by atoms with Crippen LogP contribution in [-0.2, 0) is 10.1 Å². The van der Waals surface area contributed by atoms with Gasteiger partial charge in [-0.2, -0.15) is 8.42 Å². The number of hydrogen-bond donors (Lipinski definition) is 3. The number of carbonyl (C=O) groups excluding carboxylic acids is 1. The number of aromatic hydroxyl groups is 1. The summed E-state index contributed by atoms with van der Waals surface area (Å²) in [6.45, 7) is 3.70. The number of anilines is 1. The molecule has 0 saturated heterocycles. The largest absolute Gasteiger partial charge is 0.505 e. The molecule has 0 aliphatic heterocycles. The average molecular weight is 574 g/mol. The lowest BCUT2D eigenvalue weighted by molar-refractivity contribution is 0.102. The first-order chi connectivity index (χ1) is 18.0. The predicted octanol–water partition coefficient (Wildman–Crippen LogP) is 7.47. The molecule has 0 aliphatic carbocycles. The van der Waals surface area contributed by atoms with E-state index < -0.39 is 26.7 Å². The van der Waals surface area contributed by atoms with E-state index >= 15 is 0 Å². The van der Waals surface area contributed by atoms with E-state index in [1.165, 1.54) is 31.2 Å². The van der Waals surface area contributed by atoms with Crippen LogP contribution < -0.4 is 10.1 Å². The number of amides is 1. The molecule has 38 heavy (non-hydrogen) atoms. The van der Waals surface area contributed by atoms with E-state index in [1.807, 2.05) is 6.92 Å². The lowest BCUT2D eigenvalue weighted by atomic mass is 10.0. The molecule has 1 amide bonds. The molecule has 0 heterocycles. The lowest BCUT2D eigenvalue weighted by Crippen LogP contribution is -2.12. The third-order valence-corrected chi connectivity index (χ3v) is 7.15. The van der Waals surface area contributed by atoms with Gasteiger partial charge in [0, 0.05) is 11.1 Å². The highest BCUT2D eigenvalue weighted by atomic mass is 35.5. The van der Waals surface area contributed by atoms with Gasteiger partial charge in [0.05, 0.1) is 22.2 Å². The van der Waals surface area contributed by atoms with Gasteiger partial charge in [0.25, 0.3) is 16.0 Å². The smallest absolute Gasteiger partial charge is 0.297 e. The minimum atomic E-state index is -4.69. The number of azo groups is 1. The van der Waals surface area contributed by atoms with Crippen LogP contribution in [0.15, 0.2) is 75.8 Å². The summed E-state index contributed by atoms with van der Waals surface area (Å²) < 4.78 is 39.1. The van der Waals surface area contributed by atoms with Crippen LogP contribution in [0.4, 0.5) is 17.1 Å². The molecular weight excluding hydrogens is 553 g/mol. The zero-order valence-corrected chi connectivity index (χ0v) is 22.4. The van der Waals surface area contributed by atoms with Crippen molar-refractivity contribution < 1.29 is 27.6 Å². The minimum Gasteiger partial charge on any atom is -0.505 e. The molecule has 0 unspecified atom stereocenters. The lowest BCUT2D eigenvalue weighted by Gasteiger charge is -2.12. The van der Waals surface area contributed by atoms with Gasteiger partial charge in [-0.05, 0) is 55.1 Å². The van der Waals surface area contributed by atoms with Gasteiger partial charge in [-0.3, -0.25) is 9.35 Å². The maximum absolute atomic E-state index is 13.2. The summed E-state index contributed by atoms with van der Waals surface area (Å²) in [4.78, 5) is 12.6. The second kappa shape index (κ2) is 11.0. The van der Waals surface area contributed by atoms with Crippen LogP contribution in [0.5, 0.6) is 11.5 Å². The molecule has 0 aliphatic rings. The van der Waals surface area contributed by atoms with Crippen molar-refractivity contribution in [3.05, 3.63) is 81.8 Å². The number of rotatable bonds is 7. The van der Waals surface area contributed by atoms with Gasteiger partial charge in [-0.15, -0.1) is 10.2 Å². The Kier molecular flexibility index (Phi) is 7.89. The Hall–Kier alpha value is -3.70. The van der Waals surface area contributed by atoms with E-state index in [9.17, 15) is 22.9 Å². The number of fused-ring (bicyclic) bond motifs is 1. The summed E-state index contributed by atoms with van der Waals surface area (Å²) in [5, 5.41) is 23.0. The van der Waals surface area contributed by atoms with E-state index in [4.69, 9.17) is 27.9 Å². The Balaban J connectivity index is 1.81. The number of nitrogens with zero attached hydrogens (tertiary/aromatic N) is 2. The number of ether oxygens (including phenoxy) is 1. The zero-order valence-electron chi connectivity index (χ0n) is 20.1. The topological polar surface area (TPSA) is 138 Å². The SMILES string of the molecule is CCOc1ccc(NC(=O)c2cc3ccccc3c(N=Nc3c(Cl)ccc(C)c3S(=O)(=O)O)c2O)cc1Cl. The first-order valence-electron chi connectivity index (χ1n) is 11.2. The highest BCUT2D eigenvalue weighted by Gasteiger charge is 2.23. The fourth-order valence-corrected chi connectivity index (χ4v) is 5.16. The molecule has 0 saturated carbocycles. The Morgan fingerprint density at radius 2 is 1.71 bits per heavy atom. The van der Waals surface area contributed by atoms with Crippen molar-refractivity contribution >= 4 is 67.1 Å². The van der Waals surface area contributed by atoms with Crippen LogP contribution in [-0.4, -0.2) is 30.6 Å². The van der Waals surface area contributed by atoms with Gasteiger partial charge < -0.3 is 15.2 Å². The summed E-state index contributed by atoms with van der Waals surface area (Å²) in [5.41, 5.74) is 0.0342. The second-order valence-corrected chi connectivity index (χ2v) is 10.3. The molecule has 0 fully saturated rings. The molecular formula is C26H21Cl2N3O6S. The maximum atomic E-state index is 13.2. The zero-order chi connectivity index (χ0) is 27.6. The first-order valence-corrected chi connectivity index (χ1v) is 13.4. The molecule has 0 bridgehead atoms. The highest BCUT2D eigenvalue weighted by Crippen LogP contribution is 2.42. The fourth-order valence-electron chi connectivity index (χ4n) is 3.81. The van der Waals surface area contributed by atoms with Gasteiger partial charge in [-0.25, -0.2) is 0 Å². The van der Waals surface area contributed by atoms with Crippen molar-refractivity contribution in [3.8, 4) is 11.5 Å².